The summed E-state index contributed by atoms with van der Waals surface area (Å²) in [5.41, 5.74) is 8.20. The molecule has 0 spiro atoms. The summed E-state index contributed by atoms with van der Waals surface area (Å²) < 4.78 is 7.32. The van der Waals surface area contributed by atoms with E-state index >= 15 is 0 Å². The Morgan fingerprint density at radius 1 is 1.50 bits per heavy atom. The van der Waals surface area contributed by atoms with Crippen molar-refractivity contribution in [1.82, 2.24) is 14.7 Å². The van der Waals surface area contributed by atoms with Gasteiger partial charge in [-0.2, -0.15) is 5.10 Å². The highest BCUT2D eigenvalue weighted by Crippen LogP contribution is 2.18. The molecule has 1 aliphatic heterocycles. The summed E-state index contributed by atoms with van der Waals surface area (Å²) in [5, 5.41) is 4.33. The van der Waals surface area contributed by atoms with E-state index in [-0.39, 0.29) is 24.6 Å². The van der Waals surface area contributed by atoms with Crippen LogP contribution >= 0.6 is 0 Å². The molecule has 2 unspecified atom stereocenters. The van der Waals surface area contributed by atoms with E-state index in [4.69, 9.17) is 10.5 Å². The zero-order valence-corrected chi connectivity index (χ0v) is 12.7. The number of nitrogen functional groups attached to an aromatic ring is 1. The molecule has 2 N–H and O–H groups in total. The molecule has 2 heterocycles. The van der Waals surface area contributed by atoms with Gasteiger partial charge in [0.15, 0.2) is 0 Å². The van der Waals surface area contributed by atoms with Crippen molar-refractivity contribution >= 4 is 11.6 Å². The predicted molar refractivity (Wildman–Crippen MR) is 77.3 cm³/mol. The van der Waals surface area contributed by atoms with E-state index in [0.29, 0.717) is 18.8 Å². The fraction of sp³-hybridized carbons (Fsp3) is 0.714. The minimum atomic E-state index is 0.0811. The Labute approximate surface area is 119 Å². The van der Waals surface area contributed by atoms with Gasteiger partial charge in [0.1, 0.15) is 6.54 Å². The number of ether oxygens (including phenoxy) is 1. The number of hydrogen-bond acceptors (Lipinski definition) is 4. The molecular formula is C14H24N4O2. The topological polar surface area (TPSA) is 73.4 Å². The lowest BCUT2D eigenvalue weighted by atomic mass is 10.1. The summed E-state index contributed by atoms with van der Waals surface area (Å²) >= 11 is 0. The molecule has 1 aliphatic rings. The number of morpholine rings is 1. The molecule has 1 fully saturated rings. The quantitative estimate of drug-likeness (QED) is 0.900. The number of nitrogens with two attached hydrogens (primary N) is 1. The number of hydrogen-bond donors (Lipinski definition) is 1. The normalized spacial score (nSPS) is 23.1. The maximum Gasteiger partial charge on any atom is 0.244 e. The molecule has 1 saturated heterocycles. The Hall–Kier alpha value is -1.56. The van der Waals surface area contributed by atoms with Gasteiger partial charge in [-0.25, -0.2) is 0 Å². The molecular weight excluding hydrogens is 256 g/mol. The fourth-order valence-corrected chi connectivity index (χ4v) is 2.57. The highest BCUT2D eigenvalue weighted by molar-refractivity contribution is 5.76. The summed E-state index contributed by atoms with van der Waals surface area (Å²) in [5.74, 6) is 0.0811. The van der Waals surface area contributed by atoms with Crippen LogP contribution in [0.2, 0.25) is 0 Å². The lowest BCUT2D eigenvalue weighted by Gasteiger charge is -2.38. The van der Waals surface area contributed by atoms with Gasteiger partial charge in [-0.3, -0.25) is 9.48 Å². The molecule has 2 atom stereocenters. The highest BCUT2D eigenvalue weighted by Gasteiger charge is 2.29. The zero-order chi connectivity index (χ0) is 14.9. The van der Waals surface area contributed by atoms with E-state index < -0.39 is 0 Å². The summed E-state index contributed by atoms with van der Waals surface area (Å²) in [6.45, 7) is 9.32. The molecule has 6 nitrogen and oxygen atoms in total. The van der Waals surface area contributed by atoms with Gasteiger partial charge < -0.3 is 15.4 Å². The SMILES string of the molecule is CCC1COC(C)CN1C(=O)Cn1nc(C)c(N)c1C. The van der Waals surface area contributed by atoms with Crippen LogP contribution in [0, 0.1) is 13.8 Å². The van der Waals surface area contributed by atoms with Gasteiger partial charge in [0.25, 0.3) is 0 Å². The summed E-state index contributed by atoms with van der Waals surface area (Å²) in [7, 11) is 0. The van der Waals surface area contributed by atoms with Crippen molar-refractivity contribution in [1.29, 1.82) is 0 Å². The lowest BCUT2D eigenvalue weighted by molar-refractivity contribution is -0.145. The largest absolute Gasteiger partial charge is 0.396 e. The predicted octanol–water partition coefficient (Wildman–Crippen LogP) is 1.11. The van der Waals surface area contributed by atoms with Crippen LogP contribution < -0.4 is 5.73 Å². The van der Waals surface area contributed by atoms with E-state index in [9.17, 15) is 4.79 Å². The van der Waals surface area contributed by atoms with E-state index in [1.165, 1.54) is 0 Å². The van der Waals surface area contributed by atoms with Crippen molar-refractivity contribution in [2.24, 2.45) is 0 Å². The Bertz CT molecular complexity index is 498. The molecule has 0 aromatic carbocycles. The third-order valence-electron chi connectivity index (χ3n) is 3.98. The van der Waals surface area contributed by atoms with Gasteiger partial charge in [0.05, 0.1) is 35.8 Å². The molecule has 0 aliphatic carbocycles. The molecule has 1 aromatic rings. The summed E-state index contributed by atoms with van der Waals surface area (Å²) in [6, 6.07) is 0.160. The van der Waals surface area contributed by atoms with Gasteiger partial charge in [0.2, 0.25) is 5.91 Å². The fourth-order valence-electron chi connectivity index (χ4n) is 2.57. The van der Waals surface area contributed by atoms with Crippen molar-refractivity contribution in [2.45, 2.75) is 52.8 Å². The Balaban J connectivity index is 2.11. The minimum Gasteiger partial charge on any atom is -0.396 e. The number of carbonyl (C=O) groups excluding carboxylic acids is 1. The van der Waals surface area contributed by atoms with Crippen LogP contribution in [0.15, 0.2) is 0 Å². The van der Waals surface area contributed by atoms with Crippen LogP contribution in [0.5, 0.6) is 0 Å². The van der Waals surface area contributed by atoms with Crippen molar-refractivity contribution in [3.63, 3.8) is 0 Å². The van der Waals surface area contributed by atoms with Crippen molar-refractivity contribution in [3.05, 3.63) is 11.4 Å². The van der Waals surface area contributed by atoms with Crippen LogP contribution in [0.1, 0.15) is 31.7 Å². The average Bonchev–Trinajstić information content (AvgIpc) is 2.66. The molecule has 1 amide bonds. The Morgan fingerprint density at radius 3 is 2.75 bits per heavy atom. The van der Waals surface area contributed by atoms with E-state index in [0.717, 1.165) is 17.8 Å². The molecule has 1 aromatic heterocycles. The third-order valence-corrected chi connectivity index (χ3v) is 3.98. The van der Waals surface area contributed by atoms with Gasteiger partial charge in [0, 0.05) is 6.54 Å². The van der Waals surface area contributed by atoms with Crippen molar-refractivity contribution in [2.75, 3.05) is 18.9 Å². The van der Waals surface area contributed by atoms with Crippen LogP contribution in [0.3, 0.4) is 0 Å². The monoisotopic (exact) mass is 280 g/mol. The maximum atomic E-state index is 12.5. The van der Waals surface area contributed by atoms with Crippen LogP contribution in [0.4, 0.5) is 5.69 Å². The third kappa shape index (κ3) is 2.80. The highest BCUT2D eigenvalue weighted by atomic mass is 16.5. The number of rotatable bonds is 3. The minimum absolute atomic E-state index is 0.0811. The van der Waals surface area contributed by atoms with Crippen molar-refractivity contribution in [3.8, 4) is 0 Å². The number of aromatic nitrogens is 2. The summed E-state index contributed by atoms with van der Waals surface area (Å²) in [4.78, 5) is 14.4. The number of aryl methyl sites for hydroxylation is 1. The second-order valence-electron chi connectivity index (χ2n) is 5.49. The van der Waals surface area contributed by atoms with Gasteiger partial charge in [-0.15, -0.1) is 0 Å². The number of anilines is 1. The molecule has 0 bridgehead atoms. The summed E-state index contributed by atoms with van der Waals surface area (Å²) in [6.07, 6.45) is 0.991. The molecule has 0 saturated carbocycles. The number of carbonyl (C=O) groups is 1. The second kappa shape index (κ2) is 5.83. The van der Waals surface area contributed by atoms with E-state index in [2.05, 4.69) is 12.0 Å². The van der Waals surface area contributed by atoms with E-state index in [1.54, 1.807) is 4.68 Å². The molecule has 2 rings (SSSR count). The molecule has 6 heteroatoms. The molecule has 112 valence electrons. The first kappa shape index (κ1) is 14.8. The first-order valence-corrected chi connectivity index (χ1v) is 7.14. The first-order valence-electron chi connectivity index (χ1n) is 7.14. The Morgan fingerprint density at radius 2 is 2.20 bits per heavy atom. The molecule has 20 heavy (non-hydrogen) atoms. The van der Waals surface area contributed by atoms with Crippen LogP contribution in [-0.4, -0.2) is 45.9 Å². The zero-order valence-electron chi connectivity index (χ0n) is 12.7. The standard InChI is InChI=1S/C14H24N4O2/c1-5-12-8-20-9(2)6-17(12)13(19)7-18-11(4)14(15)10(3)16-18/h9,12H,5-8,15H2,1-4H3. The van der Waals surface area contributed by atoms with Crippen LogP contribution in [0.25, 0.3) is 0 Å². The Kier molecular flexibility index (Phi) is 4.32. The smallest absolute Gasteiger partial charge is 0.244 e. The number of nitrogens with zero attached hydrogens (tertiary/aromatic N) is 3. The maximum absolute atomic E-state index is 12.5. The van der Waals surface area contributed by atoms with Gasteiger partial charge in [-0.05, 0) is 27.2 Å². The van der Waals surface area contributed by atoms with Crippen molar-refractivity contribution < 1.29 is 9.53 Å². The average molecular weight is 280 g/mol. The second-order valence-corrected chi connectivity index (χ2v) is 5.49. The van der Waals surface area contributed by atoms with Gasteiger partial charge in [-0.1, -0.05) is 6.92 Å². The van der Waals surface area contributed by atoms with Crippen LogP contribution in [-0.2, 0) is 16.1 Å². The lowest BCUT2D eigenvalue weighted by Crippen LogP contribution is -2.52. The van der Waals surface area contributed by atoms with E-state index in [1.807, 2.05) is 25.7 Å². The molecule has 0 radical (unpaired) electrons. The van der Waals surface area contributed by atoms with Gasteiger partial charge >= 0.3 is 0 Å². The number of amides is 1. The first-order chi connectivity index (χ1) is 9.43.